The molecule has 0 spiro atoms. The van der Waals surface area contributed by atoms with Crippen LogP contribution >= 0.6 is 22.6 Å². The standard InChI is InChI=1S/C13H12F2INO2/c14-13(15)19-10-3-1-9(2-4-10)7-17-8-11-5-6-12(16)18-11/h1-6,13,17H,7-8H2. The molecule has 3 nitrogen and oxygen atoms in total. The fraction of sp³-hybridized carbons (Fsp3) is 0.231. The minimum absolute atomic E-state index is 0.166. The summed E-state index contributed by atoms with van der Waals surface area (Å²) in [6.45, 7) is -1.53. The number of hydrogen-bond donors (Lipinski definition) is 1. The third-order valence-corrected chi connectivity index (χ3v) is 2.99. The van der Waals surface area contributed by atoms with Gasteiger partial charge in [0.2, 0.25) is 0 Å². The SMILES string of the molecule is FC(F)Oc1ccc(CNCc2ccc(I)o2)cc1. The van der Waals surface area contributed by atoms with E-state index >= 15 is 0 Å². The number of halogens is 3. The molecule has 1 N–H and O–H groups in total. The molecule has 102 valence electrons. The summed E-state index contributed by atoms with van der Waals surface area (Å²) in [6.07, 6.45) is 0. The number of furan rings is 1. The Bertz CT molecular complexity index is 514. The molecule has 0 radical (unpaired) electrons. The van der Waals surface area contributed by atoms with E-state index in [4.69, 9.17) is 4.42 Å². The van der Waals surface area contributed by atoms with Gasteiger partial charge in [-0.05, 0) is 52.4 Å². The Hall–Kier alpha value is -1.15. The van der Waals surface area contributed by atoms with E-state index < -0.39 is 6.61 Å². The maximum atomic E-state index is 12.0. The Labute approximate surface area is 123 Å². The van der Waals surface area contributed by atoms with Crippen molar-refractivity contribution in [1.82, 2.24) is 5.32 Å². The van der Waals surface area contributed by atoms with Crippen molar-refractivity contribution in [3.05, 3.63) is 51.5 Å². The first kappa shape index (κ1) is 14.3. The lowest BCUT2D eigenvalue weighted by Gasteiger charge is -2.06. The third kappa shape index (κ3) is 4.79. The van der Waals surface area contributed by atoms with Crippen molar-refractivity contribution >= 4 is 22.6 Å². The van der Waals surface area contributed by atoms with Gasteiger partial charge in [0.1, 0.15) is 11.5 Å². The molecule has 6 heteroatoms. The third-order valence-electron chi connectivity index (χ3n) is 2.41. The second kappa shape index (κ2) is 6.85. The van der Waals surface area contributed by atoms with Crippen molar-refractivity contribution < 1.29 is 17.9 Å². The topological polar surface area (TPSA) is 34.4 Å². The molecule has 0 saturated heterocycles. The number of hydrogen-bond acceptors (Lipinski definition) is 3. The summed E-state index contributed by atoms with van der Waals surface area (Å²) in [6, 6.07) is 10.4. The first-order chi connectivity index (χ1) is 9.13. The molecule has 2 aromatic rings. The molecule has 1 heterocycles. The number of nitrogens with one attached hydrogen (secondary N) is 1. The summed E-state index contributed by atoms with van der Waals surface area (Å²) >= 11 is 2.11. The van der Waals surface area contributed by atoms with Gasteiger partial charge in [0.25, 0.3) is 0 Å². The van der Waals surface area contributed by atoms with Crippen molar-refractivity contribution in [1.29, 1.82) is 0 Å². The van der Waals surface area contributed by atoms with Crippen LogP contribution in [0.2, 0.25) is 0 Å². The van der Waals surface area contributed by atoms with Crippen LogP contribution in [0.25, 0.3) is 0 Å². The van der Waals surface area contributed by atoms with Crippen LogP contribution in [0.15, 0.2) is 40.8 Å². The van der Waals surface area contributed by atoms with Gasteiger partial charge >= 0.3 is 6.61 Å². The van der Waals surface area contributed by atoms with Crippen molar-refractivity contribution in [3.63, 3.8) is 0 Å². The van der Waals surface area contributed by atoms with Crippen molar-refractivity contribution in [2.24, 2.45) is 0 Å². The lowest BCUT2D eigenvalue weighted by molar-refractivity contribution is -0.0498. The number of alkyl halides is 2. The quantitative estimate of drug-likeness (QED) is 0.776. The fourth-order valence-electron chi connectivity index (χ4n) is 1.57. The summed E-state index contributed by atoms with van der Waals surface area (Å²) in [5.41, 5.74) is 0.989. The highest BCUT2D eigenvalue weighted by Gasteiger charge is 2.04. The first-order valence-electron chi connectivity index (χ1n) is 5.62. The van der Waals surface area contributed by atoms with Gasteiger partial charge in [-0.25, -0.2) is 0 Å². The molecular formula is C13H12F2INO2. The smallest absolute Gasteiger partial charge is 0.387 e. The zero-order valence-corrected chi connectivity index (χ0v) is 12.1. The van der Waals surface area contributed by atoms with E-state index in [1.165, 1.54) is 12.1 Å². The minimum Gasteiger partial charge on any atom is -0.454 e. The highest BCUT2D eigenvalue weighted by atomic mass is 127. The van der Waals surface area contributed by atoms with E-state index in [1.54, 1.807) is 12.1 Å². The Kier molecular flexibility index (Phi) is 5.15. The Balaban J connectivity index is 1.79. The zero-order valence-electron chi connectivity index (χ0n) is 9.91. The monoisotopic (exact) mass is 379 g/mol. The minimum atomic E-state index is -2.79. The summed E-state index contributed by atoms with van der Waals surface area (Å²) in [4.78, 5) is 0. The van der Waals surface area contributed by atoms with Crippen LogP contribution in [0.3, 0.4) is 0 Å². The van der Waals surface area contributed by atoms with E-state index in [1.807, 2.05) is 12.1 Å². The lowest BCUT2D eigenvalue weighted by atomic mass is 10.2. The molecule has 1 aromatic heterocycles. The maximum Gasteiger partial charge on any atom is 0.387 e. The molecule has 0 unspecified atom stereocenters. The van der Waals surface area contributed by atoms with Gasteiger partial charge in [-0.2, -0.15) is 8.78 Å². The summed E-state index contributed by atoms with van der Waals surface area (Å²) in [7, 11) is 0. The number of ether oxygens (including phenoxy) is 1. The van der Waals surface area contributed by atoms with Gasteiger partial charge in [-0.15, -0.1) is 0 Å². The average molecular weight is 379 g/mol. The van der Waals surface area contributed by atoms with E-state index in [0.29, 0.717) is 13.1 Å². The summed E-state index contributed by atoms with van der Waals surface area (Å²) < 4.78 is 34.5. The van der Waals surface area contributed by atoms with Crippen molar-refractivity contribution in [2.45, 2.75) is 19.7 Å². The molecule has 0 aliphatic rings. The molecule has 19 heavy (non-hydrogen) atoms. The van der Waals surface area contributed by atoms with Crippen LogP contribution in [-0.2, 0) is 13.1 Å². The van der Waals surface area contributed by atoms with Crippen molar-refractivity contribution in [2.75, 3.05) is 0 Å². The van der Waals surface area contributed by atoms with Gasteiger partial charge < -0.3 is 14.5 Å². The lowest BCUT2D eigenvalue weighted by Crippen LogP contribution is -2.12. The second-order valence-corrected chi connectivity index (χ2v) is 4.90. The molecule has 0 fully saturated rings. The van der Waals surface area contributed by atoms with Crippen LogP contribution in [0.1, 0.15) is 11.3 Å². The number of benzene rings is 1. The molecule has 1 aromatic carbocycles. The van der Waals surface area contributed by atoms with E-state index in [-0.39, 0.29) is 5.75 Å². The highest BCUT2D eigenvalue weighted by Crippen LogP contribution is 2.15. The van der Waals surface area contributed by atoms with Crippen LogP contribution in [-0.4, -0.2) is 6.61 Å². The number of rotatable bonds is 6. The van der Waals surface area contributed by atoms with Crippen LogP contribution in [0, 0.1) is 3.77 Å². The first-order valence-corrected chi connectivity index (χ1v) is 6.70. The van der Waals surface area contributed by atoms with Gasteiger partial charge in [-0.1, -0.05) is 12.1 Å². The van der Waals surface area contributed by atoms with Crippen LogP contribution in [0.5, 0.6) is 5.75 Å². The van der Waals surface area contributed by atoms with E-state index in [0.717, 1.165) is 15.1 Å². The van der Waals surface area contributed by atoms with Gasteiger partial charge in [0.15, 0.2) is 3.77 Å². The Morgan fingerprint density at radius 2 is 1.84 bits per heavy atom. The molecule has 0 amide bonds. The zero-order chi connectivity index (χ0) is 13.7. The van der Waals surface area contributed by atoms with Gasteiger partial charge in [-0.3, -0.25) is 0 Å². The molecular weight excluding hydrogens is 367 g/mol. The highest BCUT2D eigenvalue weighted by molar-refractivity contribution is 14.1. The molecule has 0 aliphatic heterocycles. The Morgan fingerprint density at radius 3 is 2.42 bits per heavy atom. The maximum absolute atomic E-state index is 12.0. The largest absolute Gasteiger partial charge is 0.454 e. The van der Waals surface area contributed by atoms with Gasteiger partial charge in [0, 0.05) is 6.54 Å². The normalized spacial score (nSPS) is 10.9. The van der Waals surface area contributed by atoms with Gasteiger partial charge in [0.05, 0.1) is 6.54 Å². The summed E-state index contributed by atoms with van der Waals surface area (Å²) in [5, 5.41) is 3.21. The Morgan fingerprint density at radius 1 is 1.11 bits per heavy atom. The predicted octanol–water partition coefficient (Wildman–Crippen LogP) is 3.78. The molecule has 0 bridgehead atoms. The molecule has 2 rings (SSSR count). The molecule has 0 atom stereocenters. The van der Waals surface area contributed by atoms with E-state index in [9.17, 15) is 8.78 Å². The fourth-order valence-corrected chi connectivity index (χ4v) is 2.03. The van der Waals surface area contributed by atoms with Crippen LogP contribution < -0.4 is 10.1 Å². The predicted molar refractivity (Wildman–Crippen MR) is 75.0 cm³/mol. The average Bonchev–Trinajstić information content (AvgIpc) is 2.77. The second-order valence-electron chi connectivity index (χ2n) is 3.83. The molecule has 0 aliphatic carbocycles. The van der Waals surface area contributed by atoms with Crippen LogP contribution in [0.4, 0.5) is 8.78 Å². The van der Waals surface area contributed by atoms with E-state index in [2.05, 4.69) is 32.6 Å². The molecule has 0 saturated carbocycles. The summed E-state index contributed by atoms with van der Waals surface area (Å²) in [5.74, 6) is 1.03. The van der Waals surface area contributed by atoms with Crippen molar-refractivity contribution in [3.8, 4) is 5.75 Å².